The van der Waals surface area contributed by atoms with Crippen LogP contribution >= 0.6 is 11.3 Å². The molecule has 0 spiro atoms. The highest BCUT2D eigenvalue weighted by molar-refractivity contribution is 7.17. The number of nitro groups is 1. The molecule has 1 amide bonds. The Morgan fingerprint density at radius 2 is 2.00 bits per heavy atom. The highest BCUT2D eigenvalue weighted by atomic mass is 32.1. The summed E-state index contributed by atoms with van der Waals surface area (Å²) in [6.07, 6.45) is 1.78. The van der Waals surface area contributed by atoms with Gasteiger partial charge in [0.25, 0.3) is 5.91 Å². The molecule has 0 N–H and O–H groups in total. The van der Waals surface area contributed by atoms with Gasteiger partial charge in [-0.05, 0) is 18.2 Å². The minimum atomic E-state index is -0.466. The highest BCUT2D eigenvalue weighted by Crippen LogP contribution is 2.25. The van der Waals surface area contributed by atoms with Crippen LogP contribution in [0.1, 0.15) is 15.4 Å². The second-order valence-corrected chi connectivity index (χ2v) is 6.35. The summed E-state index contributed by atoms with van der Waals surface area (Å²) in [6, 6.07) is 8.76. The third-order valence-electron chi connectivity index (χ3n) is 3.75. The Bertz CT molecular complexity index is 696. The van der Waals surface area contributed by atoms with Crippen LogP contribution < -0.4 is 0 Å². The van der Waals surface area contributed by atoms with Crippen molar-refractivity contribution in [2.75, 3.05) is 26.2 Å². The second kappa shape index (κ2) is 6.84. The maximum Gasteiger partial charge on any atom is 0.324 e. The highest BCUT2D eigenvalue weighted by Gasteiger charge is 2.24. The van der Waals surface area contributed by atoms with Crippen molar-refractivity contribution < 1.29 is 9.72 Å². The fourth-order valence-electron chi connectivity index (χ4n) is 2.53. The zero-order valence-electron chi connectivity index (χ0n) is 12.4. The van der Waals surface area contributed by atoms with Crippen molar-refractivity contribution in [3.05, 3.63) is 57.2 Å². The van der Waals surface area contributed by atoms with Gasteiger partial charge in [0.1, 0.15) is 0 Å². The number of pyridine rings is 1. The first-order valence-corrected chi connectivity index (χ1v) is 8.11. The Labute approximate surface area is 137 Å². The van der Waals surface area contributed by atoms with Crippen molar-refractivity contribution in [2.45, 2.75) is 6.54 Å². The van der Waals surface area contributed by atoms with Crippen LogP contribution in [0.5, 0.6) is 0 Å². The Hall–Kier alpha value is -2.32. The first-order valence-electron chi connectivity index (χ1n) is 7.29. The first-order chi connectivity index (χ1) is 11.1. The van der Waals surface area contributed by atoms with E-state index in [-0.39, 0.29) is 10.9 Å². The van der Waals surface area contributed by atoms with Crippen LogP contribution in [-0.2, 0) is 6.54 Å². The molecule has 0 aliphatic carbocycles. The summed E-state index contributed by atoms with van der Waals surface area (Å²) in [5.74, 6) is -0.124. The molecule has 2 aromatic heterocycles. The van der Waals surface area contributed by atoms with Gasteiger partial charge in [-0.25, -0.2) is 0 Å². The Morgan fingerprint density at radius 3 is 2.61 bits per heavy atom. The van der Waals surface area contributed by atoms with E-state index < -0.39 is 4.92 Å². The maximum absolute atomic E-state index is 12.4. The van der Waals surface area contributed by atoms with Gasteiger partial charge >= 0.3 is 5.00 Å². The number of rotatable bonds is 4. The molecule has 0 bridgehead atoms. The van der Waals surface area contributed by atoms with E-state index >= 15 is 0 Å². The lowest BCUT2D eigenvalue weighted by Gasteiger charge is -2.34. The normalized spacial score (nSPS) is 15.6. The van der Waals surface area contributed by atoms with Crippen molar-refractivity contribution >= 4 is 22.2 Å². The monoisotopic (exact) mass is 332 g/mol. The van der Waals surface area contributed by atoms with Crippen molar-refractivity contribution in [2.24, 2.45) is 0 Å². The number of thiophene rings is 1. The fourth-order valence-corrected chi connectivity index (χ4v) is 3.31. The Balaban J connectivity index is 1.55. The minimum absolute atomic E-state index is 0.00198. The van der Waals surface area contributed by atoms with E-state index in [1.807, 2.05) is 18.2 Å². The van der Waals surface area contributed by atoms with Gasteiger partial charge in [0.2, 0.25) is 0 Å². The molecule has 120 valence electrons. The summed E-state index contributed by atoms with van der Waals surface area (Å²) < 4.78 is 0. The number of hydrogen-bond acceptors (Lipinski definition) is 6. The largest absolute Gasteiger partial charge is 0.335 e. The molecule has 1 fully saturated rings. The topological polar surface area (TPSA) is 79.6 Å². The lowest BCUT2D eigenvalue weighted by atomic mass is 10.2. The third kappa shape index (κ3) is 3.72. The molecule has 0 unspecified atom stereocenters. The molecule has 23 heavy (non-hydrogen) atoms. The molecule has 3 rings (SSSR count). The van der Waals surface area contributed by atoms with Crippen LogP contribution in [0.15, 0.2) is 36.5 Å². The number of nitrogens with zero attached hydrogens (tertiary/aromatic N) is 4. The summed E-state index contributed by atoms with van der Waals surface area (Å²) >= 11 is 0.932. The van der Waals surface area contributed by atoms with Crippen molar-refractivity contribution in [3.63, 3.8) is 0 Å². The zero-order valence-corrected chi connectivity index (χ0v) is 13.2. The average molecular weight is 332 g/mol. The molecule has 1 aliphatic rings. The van der Waals surface area contributed by atoms with Crippen LogP contribution in [0.3, 0.4) is 0 Å². The van der Waals surface area contributed by atoms with Gasteiger partial charge in [-0.15, -0.1) is 0 Å². The number of aromatic nitrogens is 1. The third-order valence-corrected chi connectivity index (χ3v) is 4.78. The second-order valence-electron chi connectivity index (χ2n) is 5.28. The molecule has 0 radical (unpaired) electrons. The van der Waals surface area contributed by atoms with Crippen molar-refractivity contribution in [3.8, 4) is 0 Å². The van der Waals surface area contributed by atoms with E-state index in [2.05, 4.69) is 9.88 Å². The molecule has 0 atom stereocenters. The smallest absolute Gasteiger partial charge is 0.324 e. The molecule has 2 aromatic rings. The van der Waals surface area contributed by atoms with E-state index in [1.54, 1.807) is 11.1 Å². The summed E-state index contributed by atoms with van der Waals surface area (Å²) in [7, 11) is 0. The van der Waals surface area contributed by atoms with E-state index in [4.69, 9.17) is 0 Å². The molecule has 0 aromatic carbocycles. The van der Waals surface area contributed by atoms with Gasteiger partial charge in [-0.1, -0.05) is 17.4 Å². The van der Waals surface area contributed by atoms with E-state index in [0.29, 0.717) is 18.0 Å². The molecule has 1 saturated heterocycles. The van der Waals surface area contributed by atoms with Crippen molar-refractivity contribution in [1.29, 1.82) is 0 Å². The van der Waals surface area contributed by atoms with Gasteiger partial charge in [-0.3, -0.25) is 24.8 Å². The molecule has 1 aliphatic heterocycles. The molecular weight excluding hydrogens is 316 g/mol. The average Bonchev–Trinajstić information content (AvgIpc) is 3.06. The first kappa shape index (κ1) is 15.6. The minimum Gasteiger partial charge on any atom is -0.335 e. The number of amides is 1. The molecular formula is C15H16N4O3S. The van der Waals surface area contributed by atoms with Gasteiger partial charge in [0.05, 0.1) is 15.5 Å². The number of hydrogen-bond donors (Lipinski definition) is 0. The molecule has 3 heterocycles. The summed E-state index contributed by atoms with van der Waals surface area (Å²) in [5, 5.41) is 10.7. The summed E-state index contributed by atoms with van der Waals surface area (Å²) in [5.41, 5.74) is 1.01. The predicted molar refractivity (Wildman–Crippen MR) is 86.4 cm³/mol. The molecule has 7 nitrogen and oxygen atoms in total. The summed E-state index contributed by atoms with van der Waals surface area (Å²) in [6.45, 7) is 3.56. The van der Waals surface area contributed by atoms with Gasteiger partial charge in [0, 0.05) is 45.0 Å². The van der Waals surface area contributed by atoms with E-state index in [0.717, 1.165) is 36.7 Å². The van der Waals surface area contributed by atoms with Crippen molar-refractivity contribution in [1.82, 2.24) is 14.8 Å². The van der Waals surface area contributed by atoms with Crippen LogP contribution in [-0.4, -0.2) is 51.8 Å². The number of carbonyl (C=O) groups excluding carboxylic acids is 1. The maximum atomic E-state index is 12.4. The van der Waals surface area contributed by atoms with Gasteiger partial charge in [-0.2, -0.15) is 0 Å². The Morgan fingerprint density at radius 1 is 1.22 bits per heavy atom. The SMILES string of the molecule is O=C(c1ccc([N+](=O)[O-])s1)N1CCN(Cc2ccccn2)CC1. The van der Waals surface area contributed by atoms with Gasteiger partial charge < -0.3 is 4.90 Å². The number of carbonyl (C=O) groups is 1. The Kier molecular flexibility index (Phi) is 4.63. The van der Waals surface area contributed by atoms with Gasteiger partial charge in [0.15, 0.2) is 0 Å². The zero-order chi connectivity index (χ0) is 16.2. The lowest BCUT2D eigenvalue weighted by Crippen LogP contribution is -2.48. The van der Waals surface area contributed by atoms with Crippen LogP contribution in [0, 0.1) is 10.1 Å². The standard InChI is InChI=1S/C15H16N4O3S/c20-15(13-4-5-14(23-13)19(21)22)18-9-7-17(8-10-18)11-12-3-1-2-6-16-12/h1-6H,7-11H2. The van der Waals surface area contributed by atoms with E-state index in [9.17, 15) is 14.9 Å². The molecule has 8 heteroatoms. The van der Waals surface area contributed by atoms with E-state index in [1.165, 1.54) is 12.1 Å². The summed E-state index contributed by atoms with van der Waals surface area (Å²) in [4.78, 5) is 31.4. The molecule has 0 saturated carbocycles. The predicted octanol–water partition coefficient (Wildman–Crippen LogP) is 2.01. The lowest BCUT2D eigenvalue weighted by molar-refractivity contribution is -0.380. The van der Waals surface area contributed by atoms with Crippen LogP contribution in [0.25, 0.3) is 0 Å². The number of piperazine rings is 1. The van der Waals surface area contributed by atoms with Crippen LogP contribution in [0.4, 0.5) is 5.00 Å². The van der Waals surface area contributed by atoms with Crippen LogP contribution in [0.2, 0.25) is 0 Å². The fraction of sp³-hybridized carbons (Fsp3) is 0.333. The quantitative estimate of drug-likeness (QED) is 0.632.